The zero-order valence-corrected chi connectivity index (χ0v) is 9.39. The van der Waals surface area contributed by atoms with E-state index in [2.05, 4.69) is 30.7 Å². The topological polar surface area (TPSA) is 24.1 Å². The van der Waals surface area contributed by atoms with Gasteiger partial charge in [0.2, 0.25) is 0 Å². The van der Waals surface area contributed by atoms with Gasteiger partial charge in [-0.05, 0) is 19.4 Å². The minimum absolute atomic E-state index is 0.621. The van der Waals surface area contributed by atoms with Crippen LogP contribution in [0.4, 0.5) is 0 Å². The van der Waals surface area contributed by atoms with Crippen molar-refractivity contribution >= 4 is 0 Å². The van der Waals surface area contributed by atoms with Gasteiger partial charge in [-0.25, -0.2) is 0 Å². The zero-order valence-electron chi connectivity index (χ0n) is 9.39. The largest absolute Gasteiger partial charge is 0.313 e. The van der Waals surface area contributed by atoms with Crippen molar-refractivity contribution in [1.82, 2.24) is 10.6 Å². The molecule has 0 aliphatic carbocycles. The molecule has 14 heavy (non-hydrogen) atoms. The summed E-state index contributed by atoms with van der Waals surface area (Å²) in [7, 11) is 0. The molecule has 0 aromatic carbocycles. The van der Waals surface area contributed by atoms with E-state index in [1.165, 1.54) is 19.3 Å². The molecule has 0 heterocycles. The predicted octanol–water partition coefficient (Wildman–Crippen LogP) is 2.10. The lowest BCUT2D eigenvalue weighted by Gasteiger charge is -2.17. The van der Waals surface area contributed by atoms with Gasteiger partial charge in [-0.2, -0.15) is 0 Å². The van der Waals surface area contributed by atoms with E-state index in [0.717, 1.165) is 19.6 Å². The fourth-order valence-electron chi connectivity index (χ4n) is 1.43. The summed E-state index contributed by atoms with van der Waals surface area (Å²) in [4.78, 5) is 0. The highest BCUT2D eigenvalue weighted by molar-refractivity contribution is 4.76. The zero-order chi connectivity index (χ0) is 10.6. The second-order valence-corrected chi connectivity index (χ2v) is 3.46. The molecule has 82 valence electrons. The van der Waals surface area contributed by atoms with Crippen LogP contribution in [0.15, 0.2) is 25.3 Å². The average molecular weight is 196 g/mol. The molecule has 0 saturated heterocycles. The van der Waals surface area contributed by atoms with Crippen LogP contribution < -0.4 is 10.6 Å². The molecule has 0 spiro atoms. The fraction of sp³-hybridized carbons (Fsp3) is 0.667. The Morgan fingerprint density at radius 2 is 1.86 bits per heavy atom. The van der Waals surface area contributed by atoms with E-state index in [9.17, 15) is 0 Å². The number of rotatable bonds is 10. The van der Waals surface area contributed by atoms with Gasteiger partial charge in [0.1, 0.15) is 0 Å². The van der Waals surface area contributed by atoms with E-state index in [-0.39, 0.29) is 0 Å². The first kappa shape index (κ1) is 13.4. The summed E-state index contributed by atoms with van der Waals surface area (Å²) >= 11 is 0. The van der Waals surface area contributed by atoms with E-state index in [0.29, 0.717) is 6.04 Å². The number of hydrogen-bond donors (Lipinski definition) is 2. The Morgan fingerprint density at radius 3 is 2.43 bits per heavy atom. The quantitative estimate of drug-likeness (QED) is 0.413. The van der Waals surface area contributed by atoms with Gasteiger partial charge in [0.25, 0.3) is 0 Å². The number of nitrogens with one attached hydrogen (secondary N) is 2. The Bertz CT molecular complexity index is 143. The summed E-state index contributed by atoms with van der Waals surface area (Å²) < 4.78 is 0. The van der Waals surface area contributed by atoms with Gasteiger partial charge in [-0.1, -0.05) is 25.5 Å². The van der Waals surface area contributed by atoms with Crippen molar-refractivity contribution in [2.75, 3.05) is 19.6 Å². The van der Waals surface area contributed by atoms with E-state index in [1.54, 1.807) is 0 Å². The Balaban J connectivity index is 3.49. The molecule has 0 radical (unpaired) electrons. The molecular formula is C12H24N2. The maximum atomic E-state index is 3.71. The SMILES string of the molecule is C=CCNCCC(CCC)NCC=C. The van der Waals surface area contributed by atoms with Gasteiger partial charge < -0.3 is 10.6 Å². The smallest absolute Gasteiger partial charge is 0.0134 e. The summed E-state index contributed by atoms with van der Waals surface area (Å²) in [5, 5.41) is 6.78. The van der Waals surface area contributed by atoms with Crippen molar-refractivity contribution in [3.05, 3.63) is 25.3 Å². The van der Waals surface area contributed by atoms with Crippen molar-refractivity contribution in [3.8, 4) is 0 Å². The van der Waals surface area contributed by atoms with Crippen LogP contribution in [0, 0.1) is 0 Å². The van der Waals surface area contributed by atoms with Gasteiger partial charge in [-0.3, -0.25) is 0 Å². The minimum Gasteiger partial charge on any atom is -0.313 e. The van der Waals surface area contributed by atoms with Crippen LogP contribution in [0.25, 0.3) is 0 Å². The highest BCUT2D eigenvalue weighted by atomic mass is 14.9. The van der Waals surface area contributed by atoms with E-state index in [4.69, 9.17) is 0 Å². The predicted molar refractivity (Wildman–Crippen MR) is 64.6 cm³/mol. The van der Waals surface area contributed by atoms with Crippen LogP contribution in [0.1, 0.15) is 26.2 Å². The first-order valence-electron chi connectivity index (χ1n) is 5.51. The minimum atomic E-state index is 0.621. The van der Waals surface area contributed by atoms with Crippen LogP contribution in [0.3, 0.4) is 0 Å². The molecule has 0 rings (SSSR count). The highest BCUT2D eigenvalue weighted by Gasteiger charge is 2.04. The summed E-state index contributed by atoms with van der Waals surface area (Å²) in [5.74, 6) is 0. The van der Waals surface area contributed by atoms with Crippen LogP contribution >= 0.6 is 0 Å². The van der Waals surface area contributed by atoms with Crippen LogP contribution in [-0.4, -0.2) is 25.7 Å². The van der Waals surface area contributed by atoms with Gasteiger partial charge in [0, 0.05) is 19.1 Å². The second kappa shape index (κ2) is 10.5. The normalized spacial score (nSPS) is 12.4. The molecule has 2 N–H and O–H groups in total. The molecule has 0 aliphatic heterocycles. The molecule has 2 nitrogen and oxygen atoms in total. The third-order valence-corrected chi connectivity index (χ3v) is 2.15. The number of hydrogen-bond acceptors (Lipinski definition) is 2. The van der Waals surface area contributed by atoms with Crippen LogP contribution in [-0.2, 0) is 0 Å². The van der Waals surface area contributed by atoms with Gasteiger partial charge in [0.15, 0.2) is 0 Å². The molecule has 0 aromatic rings. The van der Waals surface area contributed by atoms with Gasteiger partial charge in [0.05, 0.1) is 0 Å². The lowest BCUT2D eigenvalue weighted by atomic mass is 10.1. The third-order valence-electron chi connectivity index (χ3n) is 2.15. The molecule has 1 atom stereocenters. The Kier molecular flexibility index (Phi) is 10.0. The molecule has 0 aromatic heterocycles. The molecule has 0 aliphatic rings. The monoisotopic (exact) mass is 196 g/mol. The Hall–Kier alpha value is -0.600. The van der Waals surface area contributed by atoms with E-state index >= 15 is 0 Å². The first-order chi connectivity index (χ1) is 6.85. The molecular weight excluding hydrogens is 172 g/mol. The van der Waals surface area contributed by atoms with E-state index in [1.807, 2.05) is 12.2 Å². The average Bonchev–Trinajstić information content (AvgIpc) is 2.20. The summed E-state index contributed by atoms with van der Waals surface area (Å²) in [6.45, 7) is 12.5. The molecule has 0 fully saturated rings. The molecule has 0 amide bonds. The lowest BCUT2D eigenvalue weighted by molar-refractivity contribution is 0.457. The third kappa shape index (κ3) is 8.02. The fourth-order valence-corrected chi connectivity index (χ4v) is 1.43. The molecule has 2 heteroatoms. The molecule has 0 bridgehead atoms. The van der Waals surface area contributed by atoms with Crippen molar-refractivity contribution in [2.24, 2.45) is 0 Å². The highest BCUT2D eigenvalue weighted by Crippen LogP contribution is 2.00. The van der Waals surface area contributed by atoms with Crippen molar-refractivity contribution in [2.45, 2.75) is 32.2 Å². The maximum Gasteiger partial charge on any atom is 0.0134 e. The van der Waals surface area contributed by atoms with Gasteiger partial charge >= 0.3 is 0 Å². The van der Waals surface area contributed by atoms with Gasteiger partial charge in [-0.15, -0.1) is 13.2 Å². The summed E-state index contributed by atoms with van der Waals surface area (Å²) in [5.41, 5.74) is 0. The molecule has 0 saturated carbocycles. The Morgan fingerprint density at radius 1 is 1.14 bits per heavy atom. The standard InChI is InChI=1S/C12H24N2/c1-4-7-12(14-10-6-3)8-11-13-9-5-2/h5-6,12-14H,2-4,7-11H2,1H3. The maximum absolute atomic E-state index is 3.71. The summed E-state index contributed by atoms with van der Waals surface area (Å²) in [6.07, 6.45) is 7.46. The van der Waals surface area contributed by atoms with Crippen molar-refractivity contribution < 1.29 is 0 Å². The first-order valence-corrected chi connectivity index (χ1v) is 5.51. The summed E-state index contributed by atoms with van der Waals surface area (Å²) in [6, 6.07) is 0.621. The second-order valence-electron chi connectivity index (χ2n) is 3.46. The van der Waals surface area contributed by atoms with Crippen LogP contribution in [0.5, 0.6) is 0 Å². The van der Waals surface area contributed by atoms with Crippen molar-refractivity contribution in [3.63, 3.8) is 0 Å². The lowest BCUT2D eigenvalue weighted by Crippen LogP contribution is -2.32. The van der Waals surface area contributed by atoms with E-state index < -0.39 is 0 Å². The molecule has 1 unspecified atom stereocenters. The van der Waals surface area contributed by atoms with Crippen LogP contribution in [0.2, 0.25) is 0 Å². The Labute approximate surface area is 88.5 Å². The van der Waals surface area contributed by atoms with Crippen molar-refractivity contribution in [1.29, 1.82) is 0 Å².